The van der Waals surface area contributed by atoms with Crippen LogP contribution in [-0.4, -0.2) is 26.7 Å². The van der Waals surface area contributed by atoms with Crippen molar-refractivity contribution in [1.29, 1.82) is 0 Å². The van der Waals surface area contributed by atoms with Gasteiger partial charge in [0.1, 0.15) is 5.82 Å². The van der Waals surface area contributed by atoms with Crippen LogP contribution in [0.15, 0.2) is 60.1 Å². The van der Waals surface area contributed by atoms with E-state index in [9.17, 15) is 19.1 Å². The molecule has 2 aromatic rings. The highest BCUT2D eigenvalue weighted by Gasteiger charge is 2.44. The maximum Gasteiger partial charge on any atom is 0.290 e. The number of amides is 1. The van der Waals surface area contributed by atoms with Gasteiger partial charge in [-0.1, -0.05) is 38.1 Å². The summed E-state index contributed by atoms with van der Waals surface area (Å²) in [6.07, 6.45) is 3.37. The number of halogens is 1. The number of aliphatic hydroxyl groups is 1. The Morgan fingerprint density at radius 1 is 1.26 bits per heavy atom. The van der Waals surface area contributed by atoms with Crippen LogP contribution in [-0.2, 0) is 16.1 Å². The summed E-state index contributed by atoms with van der Waals surface area (Å²) in [5.74, 6) is -2.12. The van der Waals surface area contributed by atoms with Gasteiger partial charge in [0.15, 0.2) is 11.5 Å². The summed E-state index contributed by atoms with van der Waals surface area (Å²) in [6.45, 7) is 3.85. The van der Waals surface area contributed by atoms with Gasteiger partial charge in [0.2, 0.25) is 0 Å². The van der Waals surface area contributed by atoms with Gasteiger partial charge in [0.25, 0.3) is 5.91 Å². The minimum absolute atomic E-state index is 0.0392. The van der Waals surface area contributed by atoms with Crippen molar-refractivity contribution in [3.63, 3.8) is 0 Å². The first-order chi connectivity index (χ1) is 12.9. The van der Waals surface area contributed by atoms with Gasteiger partial charge >= 0.3 is 0 Å². The molecule has 6 heteroatoms. The van der Waals surface area contributed by atoms with Crippen LogP contribution in [0.4, 0.5) is 4.39 Å². The van der Waals surface area contributed by atoms with Gasteiger partial charge in [-0.2, -0.15) is 0 Å². The van der Waals surface area contributed by atoms with Crippen LogP contribution in [0.1, 0.15) is 37.4 Å². The van der Waals surface area contributed by atoms with Crippen molar-refractivity contribution in [3.05, 3.63) is 77.1 Å². The summed E-state index contributed by atoms with van der Waals surface area (Å²) < 4.78 is 14.5. The average Bonchev–Trinajstić information content (AvgIpc) is 2.87. The highest BCUT2D eigenvalue weighted by atomic mass is 19.1. The monoisotopic (exact) mass is 368 g/mol. The number of carbonyl (C=O) groups excluding carboxylic acids is 2. The molecule has 27 heavy (non-hydrogen) atoms. The van der Waals surface area contributed by atoms with Crippen LogP contribution in [0.2, 0.25) is 0 Å². The fourth-order valence-electron chi connectivity index (χ4n) is 3.29. The fourth-order valence-corrected chi connectivity index (χ4v) is 3.29. The molecule has 0 aliphatic carbocycles. The van der Waals surface area contributed by atoms with E-state index in [1.165, 1.54) is 17.0 Å². The molecule has 1 aliphatic rings. The Bertz CT molecular complexity index is 893. The molecule has 0 radical (unpaired) electrons. The first kappa shape index (κ1) is 18.8. The predicted octanol–water partition coefficient (Wildman–Crippen LogP) is 3.73. The molecular weight excluding hydrogens is 347 g/mol. The number of aliphatic hydroxyl groups excluding tert-OH is 1. The lowest BCUT2D eigenvalue weighted by Gasteiger charge is -2.27. The molecule has 2 heterocycles. The summed E-state index contributed by atoms with van der Waals surface area (Å²) in [5.41, 5.74) is 0.867. The zero-order valence-corrected chi connectivity index (χ0v) is 15.2. The van der Waals surface area contributed by atoms with Crippen LogP contribution in [0, 0.1) is 11.7 Å². The third kappa shape index (κ3) is 3.74. The lowest BCUT2D eigenvalue weighted by Crippen LogP contribution is -2.31. The second-order valence-electron chi connectivity index (χ2n) is 7.00. The smallest absolute Gasteiger partial charge is 0.290 e. The van der Waals surface area contributed by atoms with E-state index >= 15 is 0 Å². The normalized spacial score (nSPS) is 17.1. The molecule has 0 fully saturated rings. The minimum Gasteiger partial charge on any atom is -0.503 e. The van der Waals surface area contributed by atoms with Crippen LogP contribution in [0.5, 0.6) is 0 Å². The first-order valence-electron chi connectivity index (χ1n) is 8.80. The molecule has 1 unspecified atom stereocenters. The van der Waals surface area contributed by atoms with E-state index in [0.717, 1.165) is 5.56 Å². The molecule has 0 saturated heterocycles. The second kappa shape index (κ2) is 7.70. The Hall–Kier alpha value is -3.02. The van der Waals surface area contributed by atoms with E-state index in [1.807, 2.05) is 13.8 Å². The maximum absolute atomic E-state index is 14.5. The fraction of sp³-hybridized carbons (Fsp3) is 0.286. The number of ketones is 1. The van der Waals surface area contributed by atoms with E-state index < -0.39 is 23.5 Å². The number of Topliss-reactive ketones (excluding diaryl/α,β-unsaturated/α-hetero) is 1. The number of benzene rings is 1. The van der Waals surface area contributed by atoms with Crippen LogP contribution < -0.4 is 0 Å². The van der Waals surface area contributed by atoms with E-state index in [4.69, 9.17) is 0 Å². The van der Waals surface area contributed by atoms with Gasteiger partial charge in [-0.25, -0.2) is 4.39 Å². The van der Waals surface area contributed by atoms with Gasteiger partial charge in [0.05, 0.1) is 11.6 Å². The highest BCUT2D eigenvalue weighted by Crippen LogP contribution is 2.40. The molecule has 1 aliphatic heterocycles. The summed E-state index contributed by atoms with van der Waals surface area (Å²) in [4.78, 5) is 30.8. The summed E-state index contributed by atoms with van der Waals surface area (Å²) in [5, 5.41) is 10.4. The summed E-state index contributed by atoms with van der Waals surface area (Å²) in [7, 11) is 0. The first-order valence-corrected chi connectivity index (χ1v) is 8.80. The largest absolute Gasteiger partial charge is 0.503 e. The van der Waals surface area contributed by atoms with E-state index in [1.54, 1.807) is 36.7 Å². The number of aromatic nitrogens is 1. The van der Waals surface area contributed by atoms with Crippen molar-refractivity contribution in [2.24, 2.45) is 5.92 Å². The molecule has 1 amide bonds. The Kier molecular flexibility index (Phi) is 5.35. The van der Waals surface area contributed by atoms with Crippen molar-refractivity contribution in [1.82, 2.24) is 9.88 Å². The molecule has 1 aromatic carbocycles. The number of carbonyl (C=O) groups is 2. The summed E-state index contributed by atoms with van der Waals surface area (Å²) >= 11 is 0. The van der Waals surface area contributed by atoms with E-state index in [2.05, 4.69) is 4.98 Å². The van der Waals surface area contributed by atoms with Crippen molar-refractivity contribution in [3.8, 4) is 0 Å². The molecule has 140 valence electrons. The number of nitrogens with zero attached hydrogens (tertiary/aromatic N) is 2. The Morgan fingerprint density at radius 3 is 2.63 bits per heavy atom. The van der Waals surface area contributed by atoms with Crippen molar-refractivity contribution < 1.29 is 19.1 Å². The van der Waals surface area contributed by atoms with Gasteiger partial charge in [-0.15, -0.1) is 0 Å². The van der Waals surface area contributed by atoms with E-state index in [0.29, 0.717) is 0 Å². The Labute approximate surface area is 157 Å². The molecule has 0 saturated carbocycles. The summed E-state index contributed by atoms with van der Waals surface area (Å²) in [6, 6.07) is 8.54. The SMILES string of the molecule is CC(C)CC(=O)C1=C(O)C(=O)N(Cc2cccnc2)C1c1ccccc1F. The average molecular weight is 368 g/mol. The highest BCUT2D eigenvalue weighted by molar-refractivity contribution is 6.09. The molecule has 1 N–H and O–H groups in total. The number of pyridine rings is 1. The Morgan fingerprint density at radius 2 is 2.00 bits per heavy atom. The maximum atomic E-state index is 14.5. The zero-order valence-electron chi connectivity index (χ0n) is 15.2. The van der Waals surface area contributed by atoms with Crippen LogP contribution in [0.25, 0.3) is 0 Å². The molecule has 1 aromatic heterocycles. The molecule has 5 nitrogen and oxygen atoms in total. The van der Waals surface area contributed by atoms with Gasteiger partial charge in [-0.3, -0.25) is 14.6 Å². The molecule has 0 bridgehead atoms. The van der Waals surface area contributed by atoms with Crippen molar-refractivity contribution in [2.75, 3.05) is 0 Å². The number of hydrogen-bond donors (Lipinski definition) is 1. The van der Waals surface area contributed by atoms with Crippen molar-refractivity contribution in [2.45, 2.75) is 32.9 Å². The Balaban J connectivity index is 2.07. The predicted molar refractivity (Wildman–Crippen MR) is 98.0 cm³/mol. The molecular formula is C21H21FN2O3. The minimum atomic E-state index is -0.967. The van der Waals surface area contributed by atoms with Gasteiger partial charge < -0.3 is 10.0 Å². The number of hydrogen-bond acceptors (Lipinski definition) is 4. The lowest BCUT2D eigenvalue weighted by molar-refractivity contribution is -0.130. The zero-order chi connectivity index (χ0) is 19.6. The van der Waals surface area contributed by atoms with Gasteiger partial charge in [-0.05, 0) is 23.6 Å². The van der Waals surface area contributed by atoms with Gasteiger partial charge in [0, 0.05) is 30.9 Å². The third-order valence-electron chi connectivity index (χ3n) is 4.47. The van der Waals surface area contributed by atoms with Crippen molar-refractivity contribution >= 4 is 11.7 Å². The topological polar surface area (TPSA) is 70.5 Å². The lowest BCUT2D eigenvalue weighted by atomic mass is 9.92. The number of rotatable bonds is 6. The quantitative estimate of drug-likeness (QED) is 0.843. The molecule has 0 spiro atoms. The van der Waals surface area contributed by atoms with Crippen LogP contribution >= 0.6 is 0 Å². The van der Waals surface area contributed by atoms with Crippen LogP contribution in [0.3, 0.4) is 0 Å². The molecule has 3 rings (SSSR count). The second-order valence-corrected chi connectivity index (χ2v) is 7.00. The molecule has 1 atom stereocenters. The third-order valence-corrected chi connectivity index (χ3v) is 4.47. The standard InChI is InChI=1S/C21H21FN2O3/c1-13(2)10-17(25)18-19(15-7-3-4-8-16(15)22)24(21(27)20(18)26)12-14-6-5-9-23-11-14/h3-9,11,13,19,26H,10,12H2,1-2H3. The van der Waals surface area contributed by atoms with E-state index in [-0.39, 0.29) is 35.8 Å².